The van der Waals surface area contributed by atoms with Gasteiger partial charge in [-0.05, 0) is 71.2 Å². The van der Waals surface area contributed by atoms with Gasteiger partial charge in [0.2, 0.25) is 10.0 Å². The van der Waals surface area contributed by atoms with Crippen molar-refractivity contribution in [3.63, 3.8) is 0 Å². The van der Waals surface area contributed by atoms with Gasteiger partial charge in [-0.1, -0.05) is 30.3 Å². The molecule has 1 aromatic heterocycles. The number of piperidine rings is 1. The van der Waals surface area contributed by atoms with Crippen molar-refractivity contribution < 1.29 is 45.8 Å². The number of ether oxygens (including phenoxy) is 2. The molecule has 0 radical (unpaired) electrons. The molecule has 0 amide bonds. The Morgan fingerprint density at radius 2 is 1.83 bits per heavy atom. The van der Waals surface area contributed by atoms with E-state index in [0.717, 1.165) is 23.5 Å². The lowest BCUT2D eigenvalue weighted by molar-refractivity contribution is -0.139. The van der Waals surface area contributed by atoms with Crippen molar-refractivity contribution in [1.29, 1.82) is 0 Å². The van der Waals surface area contributed by atoms with Crippen molar-refractivity contribution in [3.05, 3.63) is 69.0 Å². The van der Waals surface area contributed by atoms with Crippen LogP contribution in [0.2, 0.25) is 0 Å². The summed E-state index contributed by atoms with van der Waals surface area (Å²) in [6.45, 7) is 0.405. The first-order valence-corrected chi connectivity index (χ1v) is 15.8. The number of carboxylic acids is 1. The third-order valence-corrected chi connectivity index (χ3v) is 10.5. The zero-order valence-electron chi connectivity index (χ0n) is 22.1. The average Bonchev–Trinajstić information content (AvgIpc) is 3.27. The number of benzene rings is 2. The van der Waals surface area contributed by atoms with Crippen LogP contribution in [0.1, 0.15) is 33.6 Å². The lowest BCUT2D eigenvalue weighted by Crippen LogP contribution is -2.46. The van der Waals surface area contributed by atoms with Gasteiger partial charge in [-0.15, -0.1) is 11.3 Å². The zero-order valence-corrected chi connectivity index (χ0v) is 25.3. The molecule has 0 aliphatic carbocycles. The lowest BCUT2D eigenvalue weighted by Gasteiger charge is -2.35. The summed E-state index contributed by atoms with van der Waals surface area (Å²) in [6, 6.07) is 10.3. The Kier molecular flexibility index (Phi) is 9.85. The summed E-state index contributed by atoms with van der Waals surface area (Å²) in [6.07, 6.45) is -3.66. The van der Waals surface area contributed by atoms with Gasteiger partial charge in [-0.25, -0.2) is 18.0 Å². The predicted octanol–water partition coefficient (Wildman–Crippen LogP) is 5.53. The predicted molar refractivity (Wildman–Crippen MR) is 154 cm³/mol. The number of nitrogens with zero attached hydrogens (tertiary/aromatic N) is 1. The topological polar surface area (TPSA) is 122 Å². The zero-order chi connectivity index (χ0) is 30.7. The molecule has 1 aliphatic rings. The Morgan fingerprint density at radius 3 is 2.48 bits per heavy atom. The Morgan fingerprint density at radius 1 is 1.14 bits per heavy atom. The van der Waals surface area contributed by atoms with Crippen LogP contribution in [0.3, 0.4) is 0 Å². The molecule has 1 saturated heterocycles. The van der Waals surface area contributed by atoms with E-state index in [1.54, 1.807) is 24.3 Å². The number of esters is 1. The summed E-state index contributed by atoms with van der Waals surface area (Å²) in [4.78, 5) is 24.0. The van der Waals surface area contributed by atoms with Gasteiger partial charge in [-0.2, -0.15) is 13.2 Å². The number of alkyl halides is 3. The van der Waals surface area contributed by atoms with Crippen LogP contribution in [0.15, 0.2) is 53.0 Å². The normalized spacial score (nSPS) is 14.4. The van der Waals surface area contributed by atoms with E-state index in [9.17, 15) is 31.2 Å². The number of carbonyl (C=O) groups excluding carboxylic acids is 1. The van der Waals surface area contributed by atoms with E-state index in [1.807, 2.05) is 0 Å². The smallest absolute Gasteiger partial charge is 0.416 e. The van der Waals surface area contributed by atoms with E-state index in [4.69, 9.17) is 14.6 Å². The maximum absolute atomic E-state index is 13.9. The molecule has 15 heteroatoms. The number of nitrogens with one attached hydrogen (secondary N) is 1. The molecule has 9 nitrogen and oxygen atoms in total. The van der Waals surface area contributed by atoms with E-state index >= 15 is 0 Å². The van der Waals surface area contributed by atoms with Crippen molar-refractivity contribution in [1.82, 2.24) is 5.32 Å². The van der Waals surface area contributed by atoms with Crippen molar-refractivity contribution in [2.45, 2.75) is 30.8 Å². The number of carbonyl (C=O) groups is 2. The van der Waals surface area contributed by atoms with Gasteiger partial charge in [0.15, 0.2) is 17.2 Å². The molecule has 4 rings (SSSR count). The molecule has 0 atom stereocenters. The molecular weight excluding hydrogens is 665 g/mol. The summed E-state index contributed by atoms with van der Waals surface area (Å²) in [5.74, 6) is -2.67. The Labute approximate surface area is 252 Å². The first kappa shape index (κ1) is 31.8. The third-order valence-electron chi connectivity index (χ3n) is 6.43. The van der Waals surface area contributed by atoms with Crippen LogP contribution in [0.25, 0.3) is 10.4 Å². The highest BCUT2D eigenvalue weighted by molar-refractivity contribution is 9.10. The number of thiophene rings is 1. The molecule has 1 fully saturated rings. The van der Waals surface area contributed by atoms with E-state index in [-0.39, 0.29) is 20.7 Å². The summed E-state index contributed by atoms with van der Waals surface area (Å²) in [5.41, 5.74) is -0.147. The second-order valence-corrected chi connectivity index (χ2v) is 13.0. The number of halogens is 4. The van der Waals surface area contributed by atoms with Gasteiger partial charge in [0.1, 0.15) is 0 Å². The van der Waals surface area contributed by atoms with E-state index in [2.05, 4.69) is 21.2 Å². The molecule has 0 saturated carbocycles. The number of anilines is 1. The molecule has 0 bridgehead atoms. The largest absolute Gasteiger partial charge is 0.479 e. The fourth-order valence-electron chi connectivity index (χ4n) is 4.61. The van der Waals surface area contributed by atoms with Crippen LogP contribution in [0.5, 0.6) is 5.75 Å². The highest BCUT2D eigenvalue weighted by Gasteiger charge is 2.34. The molecule has 42 heavy (non-hydrogen) atoms. The van der Waals surface area contributed by atoms with E-state index in [0.29, 0.717) is 42.1 Å². The van der Waals surface area contributed by atoms with Crippen LogP contribution >= 0.6 is 27.3 Å². The Balaban J connectivity index is 1.77. The Bertz CT molecular complexity index is 1570. The number of aliphatic carboxylic acids is 1. The number of carboxylic acid groups (broad SMARTS) is 1. The van der Waals surface area contributed by atoms with Crippen LogP contribution in [0.4, 0.5) is 18.9 Å². The van der Waals surface area contributed by atoms with E-state index in [1.165, 1.54) is 23.5 Å². The molecular formula is C27H26BrF3N2O7S2. The standard InChI is InChI=1S/C27H26BrF3N2O7S2/c1-39-26(36)25-23(40-14-21(34)35)22(28)24(41-25)17-5-3-7-20(13-17)33(19-8-10-32-11-9-19)42(37,38)15-16-4-2-6-18(12-16)27(29,30)31/h2-7,12-13,19,32H,8-11,14-15H2,1H3,(H,34,35). The summed E-state index contributed by atoms with van der Waals surface area (Å²) in [5, 5.41) is 12.2. The number of sulfonamides is 1. The molecule has 0 spiro atoms. The van der Waals surface area contributed by atoms with Crippen molar-refractivity contribution in [2.75, 3.05) is 31.1 Å². The van der Waals surface area contributed by atoms with Gasteiger partial charge in [0.05, 0.1) is 33.5 Å². The van der Waals surface area contributed by atoms with Gasteiger partial charge in [-0.3, -0.25) is 4.31 Å². The van der Waals surface area contributed by atoms with Crippen LogP contribution in [-0.2, 0) is 31.5 Å². The number of methoxy groups -OCH3 is 1. The fourth-order valence-corrected chi connectivity index (χ4v) is 8.42. The van der Waals surface area contributed by atoms with Crippen molar-refractivity contribution >= 4 is 54.9 Å². The molecule has 2 heterocycles. The second kappa shape index (κ2) is 13.0. The number of rotatable bonds is 10. The van der Waals surface area contributed by atoms with Crippen LogP contribution < -0.4 is 14.4 Å². The van der Waals surface area contributed by atoms with Crippen molar-refractivity contribution in [2.24, 2.45) is 0 Å². The summed E-state index contributed by atoms with van der Waals surface area (Å²) in [7, 11) is -3.00. The molecule has 1 aliphatic heterocycles. The maximum atomic E-state index is 13.9. The maximum Gasteiger partial charge on any atom is 0.416 e. The van der Waals surface area contributed by atoms with Crippen molar-refractivity contribution in [3.8, 4) is 16.2 Å². The fraction of sp³-hybridized carbons (Fsp3) is 0.333. The Hall–Kier alpha value is -3.14. The monoisotopic (exact) mass is 690 g/mol. The molecule has 3 aromatic rings. The number of hydrogen-bond donors (Lipinski definition) is 2. The van der Waals surface area contributed by atoms with Crippen LogP contribution in [-0.4, -0.2) is 58.3 Å². The quantitative estimate of drug-likeness (QED) is 0.266. The van der Waals surface area contributed by atoms with Gasteiger partial charge >= 0.3 is 18.1 Å². The lowest BCUT2D eigenvalue weighted by atomic mass is 10.1. The first-order valence-electron chi connectivity index (χ1n) is 12.6. The molecule has 0 unspecified atom stereocenters. The van der Waals surface area contributed by atoms with E-state index < -0.39 is 52.1 Å². The second-order valence-electron chi connectivity index (χ2n) is 9.36. The third kappa shape index (κ3) is 7.25. The highest BCUT2D eigenvalue weighted by Crippen LogP contribution is 2.47. The minimum atomic E-state index is -4.62. The summed E-state index contributed by atoms with van der Waals surface area (Å²) < 4.78 is 79.4. The SMILES string of the molecule is COC(=O)c1sc(-c2cccc(N(C3CCNCC3)S(=O)(=O)Cc3cccc(C(F)(F)F)c3)c2)c(Br)c1OCC(=O)O. The minimum absolute atomic E-state index is 0.00357. The first-order chi connectivity index (χ1) is 19.8. The molecule has 226 valence electrons. The van der Waals surface area contributed by atoms with Gasteiger partial charge < -0.3 is 19.9 Å². The molecule has 2 aromatic carbocycles. The average molecular weight is 692 g/mol. The summed E-state index contributed by atoms with van der Waals surface area (Å²) >= 11 is 4.35. The molecule has 2 N–H and O–H groups in total. The minimum Gasteiger partial charge on any atom is -0.479 e. The van der Waals surface area contributed by atoms with Gasteiger partial charge in [0, 0.05) is 6.04 Å². The highest BCUT2D eigenvalue weighted by atomic mass is 79.9. The number of hydrogen-bond acceptors (Lipinski definition) is 8. The van der Waals surface area contributed by atoms with Crippen LogP contribution in [0, 0.1) is 0 Å². The van der Waals surface area contributed by atoms with Gasteiger partial charge in [0.25, 0.3) is 0 Å².